The molecule has 1 aliphatic heterocycles. The van der Waals surface area contributed by atoms with Crippen molar-refractivity contribution < 1.29 is 24.4 Å². The molecule has 0 unspecified atom stereocenters. The van der Waals surface area contributed by atoms with Gasteiger partial charge in [0.15, 0.2) is 6.61 Å². The first-order valence-corrected chi connectivity index (χ1v) is 10.1. The molecule has 158 valence electrons. The number of hydrogen-bond donors (Lipinski definition) is 2. The van der Waals surface area contributed by atoms with Crippen LogP contribution < -0.4 is 5.32 Å². The lowest BCUT2D eigenvalue weighted by atomic mass is 9.78. The highest BCUT2D eigenvalue weighted by molar-refractivity contribution is 5.97. The number of nitrogens with zero attached hydrogens (tertiary/aromatic N) is 2. The highest BCUT2D eigenvalue weighted by Gasteiger charge is 2.36. The van der Waals surface area contributed by atoms with Gasteiger partial charge in [-0.25, -0.2) is 4.79 Å². The fraction of sp³-hybridized carbons (Fsp3) is 0.600. The molecule has 0 aromatic heterocycles. The second-order valence-electron chi connectivity index (χ2n) is 7.55. The smallest absolute Gasteiger partial charge is 0.341 e. The van der Waals surface area contributed by atoms with E-state index in [1.54, 1.807) is 0 Å². The third-order valence-corrected chi connectivity index (χ3v) is 5.75. The summed E-state index contributed by atoms with van der Waals surface area (Å²) in [6.07, 6.45) is 6.54. The minimum absolute atomic E-state index is 0.0327. The van der Waals surface area contributed by atoms with E-state index in [0.717, 1.165) is 38.2 Å². The Balaban J connectivity index is 1.67. The lowest BCUT2D eigenvalue weighted by Gasteiger charge is -2.44. The molecule has 1 aromatic carbocycles. The number of likely N-dealkylation sites (tertiary alicyclic amines) is 1. The fourth-order valence-corrected chi connectivity index (χ4v) is 4.38. The molecule has 1 aromatic rings. The topological polar surface area (TPSA) is 122 Å². The van der Waals surface area contributed by atoms with Crippen LogP contribution >= 0.6 is 0 Å². The number of esters is 1. The molecule has 0 bridgehead atoms. The average molecular weight is 405 g/mol. The van der Waals surface area contributed by atoms with Crippen LogP contribution in [0.15, 0.2) is 18.2 Å². The van der Waals surface area contributed by atoms with Crippen LogP contribution in [-0.2, 0) is 9.53 Å². The van der Waals surface area contributed by atoms with Gasteiger partial charge in [-0.05, 0) is 37.7 Å². The Morgan fingerprint density at radius 2 is 2.00 bits per heavy atom. The molecule has 2 N–H and O–H groups in total. The third-order valence-electron chi connectivity index (χ3n) is 5.75. The van der Waals surface area contributed by atoms with Gasteiger partial charge in [0, 0.05) is 37.0 Å². The Kier molecular flexibility index (Phi) is 7.03. The number of benzene rings is 1. The maximum atomic E-state index is 12.7. The molecular weight excluding hydrogens is 378 g/mol. The normalized spacial score (nSPS) is 21.2. The minimum atomic E-state index is -0.806. The van der Waals surface area contributed by atoms with Gasteiger partial charge in [0.2, 0.25) is 0 Å². The van der Waals surface area contributed by atoms with Gasteiger partial charge >= 0.3 is 5.97 Å². The van der Waals surface area contributed by atoms with Gasteiger partial charge in [0.1, 0.15) is 0 Å². The lowest BCUT2D eigenvalue weighted by Crippen LogP contribution is -2.50. The Hall–Kier alpha value is -2.68. The zero-order valence-corrected chi connectivity index (χ0v) is 16.3. The predicted octanol–water partition coefficient (Wildman–Crippen LogP) is 2.34. The van der Waals surface area contributed by atoms with Gasteiger partial charge < -0.3 is 20.1 Å². The number of nitro benzene ring substituents is 1. The van der Waals surface area contributed by atoms with Crippen molar-refractivity contribution in [2.24, 2.45) is 5.92 Å². The molecule has 2 fully saturated rings. The number of aliphatic hydroxyl groups excluding tert-OH is 1. The molecule has 0 spiro atoms. The van der Waals surface area contributed by atoms with Crippen molar-refractivity contribution >= 4 is 23.3 Å². The number of carbonyl (C=O) groups excluding carboxylic acids is 2. The zero-order chi connectivity index (χ0) is 20.8. The van der Waals surface area contributed by atoms with Crippen molar-refractivity contribution in [1.82, 2.24) is 4.90 Å². The number of nitro groups is 1. The average Bonchev–Trinajstić information content (AvgIpc) is 2.75. The van der Waals surface area contributed by atoms with Gasteiger partial charge in [-0.1, -0.05) is 12.8 Å². The van der Waals surface area contributed by atoms with E-state index in [9.17, 15) is 19.7 Å². The number of non-ortho nitro benzene ring substituents is 1. The van der Waals surface area contributed by atoms with Crippen molar-refractivity contribution in [3.8, 4) is 0 Å². The molecule has 29 heavy (non-hydrogen) atoms. The van der Waals surface area contributed by atoms with Crippen LogP contribution in [0.2, 0.25) is 0 Å². The Labute approximate surface area is 169 Å². The quantitative estimate of drug-likeness (QED) is 0.405. The van der Waals surface area contributed by atoms with Crippen LogP contribution in [0.4, 0.5) is 11.4 Å². The molecular formula is C20H27N3O6. The summed E-state index contributed by atoms with van der Waals surface area (Å²) in [5, 5.41) is 22.8. The van der Waals surface area contributed by atoms with Crippen LogP contribution in [0.1, 0.15) is 48.9 Å². The van der Waals surface area contributed by atoms with Gasteiger partial charge in [0.25, 0.3) is 11.6 Å². The minimum Gasteiger partial charge on any atom is -0.452 e. The molecule has 2 atom stereocenters. The number of fused-ring (bicyclic) bond motifs is 1. The number of ether oxygens (including phenoxy) is 1. The Morgan fingerprint density at radius 1 is 1.24 bits per heavy atom. The number of aliphatic hydroxyl groups is 1. The number of carbonyl (C=O) groups is 2. The van der Waals surface area contributed by atoms with Crippen LogP contribution in [0, 0.1) is 16.0 Å². The maximum absolute atomic E-state index is 12.7. The number of rotatable bonds is 7. The Bertz CT molecular complexity index is 767. The van der Waals surface area contributed by atoms with Crippen molar-refractivity contribution in [2.45, 2.75) is 44.6 Å². The van der Waals surface area contributed by atoms with E-state index in [4.69, 9.17) is 9.84 Å². The van der Waals surface area contributed by atoms with Crippen molar-refractivity contribution in [3.63, 3.8) is 0 Å². The van der Waals surface area contributed by atoms with Crippen molar-refractivity contribution in [2.75, 3.05) is 31.6 Å². The summed E-state index contributed by atoms with van der Waals surface area (Å²) in [5.41, 5.74) is 0.0287. The summed E-state index contributed by atoms with van der Waals surface area (Å²) < 4.78 is 5.22. The van der Waals surface area contributed by atoms with E-state index in [0.29, 0.717) is 18.2 Å². The molecule has 1 saturated heterocycles. The molecule has 9 nitrogen and oxygen atoms in total. The van der Waals surface area contributed by atoms with Crippen LogP contribution in [-0.4, -0.2) is 59.2 Å². The zero-order valence-electron chi connectivity index (χ0n) is 16.3. The molecule has 1 saturated carbocycles. The number of nitrogens with one attached hydrogen (secondary N) is 1. The molecule has 1 amide bonds. The second-order valence-corrected chi connectivity index (χ2v) is 7.55. The molecule has 3 rings (SSSR count). The number of anilines is 1. The molecule has 0 radical (unpaired) electrons. The second kappa shape index (κ2) is 9.69. The Morgan fingerprint density at radius 3 is 2.76 bits per heavy atom. The first-order chi connectivity index (χ1) is 14.0. The first-order valence-electron chi connectivity index (χ1n) is 10.1. The summed E-state index contributed by atoms with van der Waals surface area (Å²) in [5.74, 6) is -0.492. The number of piperidine rings is 1. The SMILES string of the molecule is O=C(OCC(=O)N1CCC[C@@H]2CCCC[C@H]21)c1cc([N+](=O)[O-])ccc1NCCO. The van der Waals surface area contributed by atoms with Crippen LogP contribution in [0.5, 0.6) is 0 Å². The molecule has 1 heterocycles. The van der Waals surface area contributed by atoms with Crippen LogP contribution in [0.3, 0.4) is 0 Å². The number of amides is 1. The monoisotopic (exact) mass is 405 g/mol. The van der Waals surface area contributed by atoms with Gasteiger partial charge in [-0.3, -0.25) is 14.9 Å². The van der Waals surface area contributed by atoms with Gasteiger partial charge in [-0.15, -0.1) is 0 Å². The highest BCUT2D eigenvalue weighted by atomic mass is 16.6. The summed E-state index contributed by atoms with van der Waals surface area (Å²) >= 11 is 0. The summed E-state index contributed by atoms with van der Waals surface area (Å²) in [7, 11) is 0. The van der Waals surface area contributed by atoms with Crippen molar-refractivity contribution in [3.05, 3.63) is 33.9 Å². The van der Waals surface area contributed by atoms with E-state index < -0.39 is 10.9 Å². The van der Waals surface area contributed by atoms with Crippen LogP contribution in [0.25, 0.3) is 0 Å². The molecule has 2 aliphatic rings. The standard InChI is InChI=1S/C20H27N3O6/c24-11-9-21-17-8-7-15(23(27)28)12-16(17)20(26)29-13-19(25)22-10-3-5-14-4-1-2-6-18(14)22/h7-8,12,14,18,21,24H,1-6,9-11,13H2/t14-,18+/m0/s1. The molecule has 1 aliphatic carbocycles. The largest absolute Gasteiger partial charge is 0.452 e. The summed E-state index contributed by atoms with van der Waals surface area (Å²) in [6.45, 7) is 0.303. The van der Waals surface area contributed by atoms with E-state index in [2.05, 4.69) is 5.32 Å². The maximum Gasteiger partial charge on any atom is 0.341 e. The number of hydrogen-bond acceptors (Lipinski definition) is 7. The van der Waals surface area contributed by atoms with Gasteiger partial charge in [-0.2, -0.15) is 0 Å². The fourth-order valence-electron chi connectivity index (χ4n) is 4.38. The van der Waals surface area contributed by atoms with E-state index >= 15 is 0 Å². The van der Waals surface area contributed by atoms with E-state index in [1.807, 2.05) is 4.90 Å². The predicted molar refractivity (Wildman–Crippen MR) is 106 cm³/mol. The molecule has 9 heteroatoms. The van der Waals surface area contributed by atoms with Gasteiger partial charge in [0.05, 0.1) is 17.1 Å². The van der Waals surface area contributed by atoms with Crippen molar-refractivity contribution in [1.29, 1.82) is 0 Å². The third kappa shape index (κ3) is 5.03. The summed E-state index contributed by atoms with van der Waals surface area (Å²) in [4.78, 5) is 37.6. The lowest BCUT2D eigenvalue weighted by molar-refractivity contribution is -0.384. The first kappa shape index (κ1) is 21.0. The highest BCUT2D eigenvalue weighted by Crippen LogP contribution is 2.35. The van der Waals surface area contributed by atoms with E-state index in [1.165, 1.54) is 18.6 Å². The van der Waals surface area contributed by atoms with E-state index in [-0.39, 0.29) is 43.0 Å². The summed E-state index contributed by atoms with van der Waals surface area (Å²) in [6, 6.07) is 4.00.